The number of hydrogen-bond acceptors (Lipinski definition) is 12. The van der Waals surface area contributed by atoms with E-state index in [2.05, 4.69) is 111 Å². The summed E-state index contributed by atoms with van der Waals surface area (Å²) in [6.07, 6.45) is 1.40. The standard InChI is InChI=1S/C60H80BCl4IN4O12Si3/c1-56(2,3)83(15,16)78-45-29-33(27-42(66)51(45)80-85(19,20)58(7,8)9)47(55(76)77-14)70-53(74)46(32-23-40(64)50(41(65)24-32)79-84(17,18)57(4,5)6)69-52(73)44(68-54(75)48(71)34-25-38(62)49(72)39(63)26-34)28-35-31-67-43-30-36(21-22-37(35)43)61-81-59(10,11)60(12,13)82-61/h21-27,29-31,44,46-47,67,72H,28H2,1-20H3,(H,68,75)(H,69,73)(H,70,74)/t44-,46-,47-/m1/s1. The number of carbonyl (C=O) groups excluding carboxylic acids is 5. The van der Waals surface area contributed by atoms with Gasteiger partial charge < -0.3 is 53.4 Å². The average molecular weight is 1410 g/mol. The van der Waals surface area contributed by atoms with E-state index in [-0.39, 0.29) is 64.1 Å². The fraction of sp³-hybridized carbons (Fsp3) is 0.483. The van der Waals surface area contributed by atoms with Crippen LogP contribution in [0.15, 0.2) is 60.8 Å². The molecule has 0 bridgehead atoms. The molecule has 16 nitrogen and oxygen atoms in total. The van der Waals surface area contributed by atoms with Crippen LogP contribution in [0.1, 0.15) is 129 Å². The van der Waals surface area contributed by atoms with Gasteiger partial charge in [0.2, 0.25) is 17.6 Å². The highest BCUT2D eigenvalue weighted by molar-refractivity contribution is 14.1. The largest absolute Gasteiger partial charge is 0.542 e. The molecule has 0 spiro atoms. The lowest BCUT2D eigenvalue weighted by molar-refractivity contribution is -0.145. The second kappa shape index (κ2) is 25.3. The quantitative estimate of drug-likeness (QED) is 0.0172. The molecule has 3 amide bonds. The van der Waals surface area contributed by atoms with Gasteiger partial charge in [-0.15, -0.1) is 0 Å². The number of aromatic hydroxyl groups is 1. The van der Waals surface area contributed by atoms with Crippen molar-refractivity contribution in [3.63, 3.8) is 0 Å². The first-order valence-corrected chi connectivity index (χ1v) is 39.1. The van der Waals surface area contributed by atoms with Crippen LogP contribution in [-0.2, 0) is 39.6 Å². The second-order valence-corrected chi connectivity index (χ2v) is 44.2. The molecule has 0 unspecified atom stereocenters. The summed E-state index contributed by atoms with van der Waals surface area (Å²) in [6, 6.07) is 9.06. The van der Waals surface area contributed by atoms with Crippen molar-refractivity contribution in [1.82, 2.24) is 20.9 Å². The fourth-order valence-corrected chi connectivity index (χ4v) is 13.4. The highest BCUT2D eigenvalue weighted by atomic mass is 127. The number of esters is 1. The van der Waals surface area contributed by atoms with Crippen LogP contribution in [0.4, 0.5) is 0 Å². The average Bonchev–Trinajstić information content (AvgIpc) is 1.96. The molecule has 0 aliphatic carbocycles. The summed E-state index contributed by atoms with van der Waals surface area (Å²) in [4.78, 5) is 76.5. The molecular formula is C60H80BCl4IN4O12Si3. The van der Waals surface area contributed by atoms with Crippen molar-refractivity contribution >= 4 is 147 Å². The Labute approximate surface area is 537 Å². The Bertz CT molecular complexity index is 3370. The summed E-state index contributed by atoms with van der Waals surface area (Å²) in [5.41, 5.74) is 0.711. The molecule has 1 aromatic heterocycles. The predicted octanol–water partition coefficient (Wildman–Crippen LogP) is 14.3. The van der Waals surface area contributed by atoms with Crippen molar-refractivity contribution in [3.05, 3.63) is 107 Å². The molecule has 5 aromatic rings. The first-order chi connectivity index (χ1) is 38.7. The third kappa shape index (κ3) is 15.4. The van der Waals surface area contributed by atoms with Gasteiger partial charge in [-0.25, -0.2) is 4.79 Å². The lowest BCUT2D eigenvalue weighted by Gasteiger charge is -2.40. The number of carbonyl (C=O) groups is 5. The maximum absolute atomic E-state index is 15.5. The number of halogens is 5. The molecule has 3 atom stereocenters. The number of aromatic amines is 1. The van der Waals surface area contributed by atoms with Crippen LogP contribution in [0.5, 0.6) is 23.0 Å². The van der Waals surface area contributed by atoms with Crippen molar-refractivity contribution in [3.8, 4) is 23.0 Å². The minimum atomic E-state index is -2.62. The van der Waals surface area contributed by atoms with Crippen LogP contribution in [-0.4, -0.2) is 96.0 Å². The van der Waals surface area contributed by atoms with Gasteiger partial charge in [-0.1, -0.05) is 121 Å². The van der Waals surface area contributed by atoms with Gasteiger partial charge in [0.05, 0.1) is 42.0 Å². The normalized spacial score (nSPS) is 15.8. The molecule has 85 heavy (non-hydrogen) atoms. The monoisotopic (exact) mass is 1410 g/mol. The van der Waals surface area contributed by atoms with Crippen LogP contribution in [0, 0.1) is 3.57 Å². The lowest BCUT2D eigenvalue weighted by Crippen LogP contribution is -2.53. The number of rotatable bonds is 19. The van der Waals surface area contributed by atoms with Crippen molar-refractivity contribution in [2.45, 2.75) is 180 Å². The number of nitrogens with one attached hydrogen (secondary N) is 4. The molecule has 2 heterocycles. The third-order valence-corrected chi connectivity index (χ3v) is 32.3. The molecule has 462 valence electrons. The van der Waals surface area contributed by atoms with Crippen LogP contribution in [0.3, 0.4) is 0 Å². The van der Waals surface area contributed by atoms with E-state index in [9.17, 15) is 19.5 Å². The Morgan fingerprint density at radius 2 is 1.14 bits per heavy atom. The highest BCUT2D eigenvalue weighted by Gasteiger charge is 2.52. The number of benzene rings is 4. The molecule has 25 heteroatoms. The molecule has 0 radical (unpaired) electrons. The summed E-state index contributed by atoms with van der Waals surface area (Å²) in [6.45, 7) is 39.1. The number of aromatic nitrogens is 1. The Balaban J connectivity index is 1.49. The zero-order valence-corrected chi connectivity index (χ0v) is 60.3. The number of Topliss-reactive ketones (excluding diaryl/α,β-unsaturated/α-hetero) is 1. The van der Waals surface area contributed by atoms with Gasteiger partial charge in [0.1, 0.15) is 23.6 Å². The van der Waals surface area contributed by atoms with Crippen molar-refractivity contribution < 1.29 is 56.4 Å². The summed E-state index contributed by atoms with van der Waals surface area (Å²) in [5, 5.41) is 17.9. The Hall–Kier alpha value is -4.30. The number of phenols is 1. The second-order valence-electron chi connectivity index (χ2n) is 27.2. The number of methoxy groups -OCH3 is 1. The molecule has 6 rings (SSSR count). The van der Waals surface area contributed by atoms with Gasteiger partial charge >= 0.3 is 13.1 Å². The Morgan fingerprint density at radius 3 is 1.65 bits per heavy atom. The van der Waals surface area contributed by atoms with E-state index in [4.69, 9.17) is 73.7 Å². The van der Waals surface area contributed by atoms with Crippen LogP contribution in [0.25, 0.3) is 10.9 Å². The third-order valence-electron chi connectivity index (χ3n) is 17.3. The van der Waals surface area contributed by atoms with Crippen LogP contribution in [0.2, 0.25) is 74.5 Å². The summed E-state index contributed by atoms with van der Waals surface area (Å²) >= 11 is 28.7. The van der Waals surface area contributed by atoms with E-state index in [1.165, 1.54) is 19.2 Å². The van der Waals surface area contributed by atoms with E-state index in [1.807, 2.05) is 79.8 Å². The van der Waals surface area contributed by atoms with Gasteiger partial charge in [-0.05, 0) is 169 Å². The maximum Gasteiger partial charge on any atom is 0.494 e. The molecule has 4 aromatic carbocycles. The predicted molar refractivity (Wildman–Crippen MR) is 355 cm³/mol. The van der Waals surface area contributed by atoms with E-state index in [1.54, 1.807) is 18.3 Å². The molecule has 1 aliphatic heterocycles. The summed E-state index contributed by atoms with van der Waals surface area (Å²) < 4.78 is 39.2. The zero-order valence-electron chi connectivity index (χ0n) is 52.1. The van der Waals surface area contributed by atoms with E-state index in [0.717, 1.165) is 17.6 Å². The number of ether oxygens (including phenoxy) is 1. The van der Waals surface area contributed by atoms with E-state index in [0.29, 0.717) is 31.5 Å². The number of H-pyrrole nitrogens is 1. The number of amides is 3. The molecule has 1 fully saturated rings. The first kappa shape index (κ1) is 69.8. The highest BCUT2D eigenvalue weighted by Crippen LogP contribution is 2.48. The van der Waals surface area contributed by atoms with Gasteiger partial charge in [0, 0.05) is 29.1 Å². The van der Waals surface area contributed by atoms with E-state index < -0.39 is 96.6 Å². The Morgan fingerprint density at radius 1 is 0.659 bits per heavy atom. The van der Waals surface area contributed by atoms with Crippen molar-refractivity contribution in [1.29, 1.82) is 0 Å². The minimum absolute atomic E-state index is 0.0172. The molecule has 1 aliphatic rings. The topological polar surface area (TPSA) is 213 Å². The van der Waals surface area contributed by atoms with Gasteiger partial charge in [-0.2, -0.15) is 0 Å². The number of phenolic OH excluding ortho intramolecular Hbond substituents is 1. The first-order valence-electron chi connectivity index (χ1n) is 27.8. The lowest BCUT2D eigenvalue weighted by atomic mass is 9.78. The SMILES string of the molecule is COC(=O)[C@H](NC(=O)[C@H](NC(=O)[C@@H](Cc1c[nH]c2cc(B3OC(C)(C)C(C)(C)O3)ccc12)NC(=O)C(=O)c1cc(Cl)c(O)c(Cl)c1)c1cc(Cl)c(O[Si](C)(C)C(C)(C)C)c(Cl)c1)c1cc(I)c(O[Si](C)(C)C(C)(C)C)c(O[Si](C)(C)C(C)(C)C)c1. The summed E-state index contributed by atoms with van der Waals surface area (Å²) in [5.74, 6) is -4.60. The zero-order chi connectivity index (χ0) is 64.3. The van der Waals surface area contributed by atoms with Crippen LogP contribution < -0.4 is 34.7 Å². The minimum Gasteiger partial charge on any atom is -0.542 e. The fourth-order valence-electron chi connectivity index (χ4n) is 8.16. The summed E-state index contributed by atoms with van der Waals surface area (Å²) in [7, 11) is -7.21. The smallest absolute Gasteiger partial charge is 0.494 e. The Kier molecular flexibility index (Phi) is 20.8. The molecular weight excluding hydrogens is 1330 g/mol. The van der Waals surface area contributed by atoms with Gasteiger partial charge in [0.15, 0.2) is 17.5 Å². The van der Waals surface area contributed by atoms with Crippen LogP contribution >= 0.6 is 69.0 Å². The number of hydrogen-bond donors (Lipinski definition) is 5. The maximum atomic E-state index is 15.5. The molecule has 5 N–H and O–H groups in total. The molecule has 1 saturated heterocycles. The number of ketones is 1. The van der Waals surface area contributed by atoms with E-state index >= 15 is 9.59 Å². The van der Waals surface area contributed by atoms with Crippen molar-refractivity contribution in [2.75, 3.05) is 7.11 Å². The van der Waals surface area contributed by atoms with Crippen molar-refractivity contribution in [2.24, 2.45) is 0 Å². The van der Waals surface area contributed by atoms with Gasteiger partial charge in [-0.3, -0.25) is 19.2 Å². The molecule has 0 saturated carbocycles. The number of fused-ring (bicyclic) bond motifs is 1. The van der Waals surface area contributed by atoms with Gasteiger partial charge in [0.25, 0.3) is 30.9 Å².